The summed E-state index contributed by atoms with van der Waals surface area (Å²) in [6.45, 7) is 0.551. The van der Waals surface area contributed by atoms with E-state index in [4.69, 9.17) is 28.9 Å². The first kappa shape index (κ1) is 13.7. The molecule has 0 radical (unpaired) electrons. The molecule has 0 fully saturated rings. The van der Waals surface area contributed by atoms with Crippen molar-refractivity contribution in [1.29, 1.82) is 0 Å². The molecule has 0 aromatic heterocycles. The fourth-order valence-corrected chi connectivity index (χ4v) is 2.01. The molecule has 19 heavy (non-hydrogen) atoms. The molecule has 0 heterocycles. The van der Waals surface area contributed by atoms with Crippen molar-refractivity contribution >= 4 is 34.8 Å². The van der Waals surface area contributed by atoms with Crippen LogP contribution in [0.5, 0.6) is 0 Å². The zero-order valence-corrected chi connectivity index (χ0v) is 11.5. The van der Waals surface area contributed by atoms with Gasteiger partial charge in [0.05, 0.1) is 0 Å². The molecule has 0 saturated carbocycles. The van der Waals surface area contributed by atoms with Gasteiger partial charge < -0.3 is 11.1 Å². The maximum absolute atomic E-state index is 10.9. The Morgan fingerprint density at radius 2 is 1.79 bits per heavy atom. The summed E-state index contributed by atoms with van der Waals surface area (Å²) < 4.78 is 0. The highest BCUT2D eigenvalue weighted by atomic mass is 35.5. The van der Waals surface area contributed by atoms with Gasteiger partial charge >= 0.3 is 0 Å². The molecule has 0 aliphatic carbocycles. The summed E-state index contributed by atoms with van der Waals surface area (Å²) in [5, 5.41) is 4.50. The molecule has 0 unspecified atom stereocenters. The molecule has 1 amide bonds. The second kappa shape index (κ2) is 5.95. The zero-order chi connectivity index (χ0) is 13.8. The highest BCUT2D eigenvalue weighted by Crippen LogP contribution is 2.21. The highest BCUT2D eigenvalue weighted by molar-refractivity contribution is 6.33. The van der Waals surface area contributed by atoms with Gasteiger partial charge in [-0.3, -0.25) is 4.79 Å². The van der Waals surface area contributed by atoms with Crippen molar-refractivity contribution in [3.63, 3.8) is 0 Å². The van der Waals surface area contributed by atoms with Gasteiger partial charge in [-0.15, -0.1) is 0 Å². The van der Waals surface area contributed by atoms with Gasteiger partial charge in [-0.25, -0.2) is 0 Å². The first-order valence-corrected chi connectivity index (χ1v) is 6.39. The van der Waals surface area contributed by atoms with Crippen LogP contribution in [0.3, 0.4) is 0 Å². The summed E-state index contributed by atoms with van der Waals surface area (Å²) in [7, 11) is 0. The van der Waals surface area contributed by atoms with Crippen molar-refractivity contribution in [1.82, 2.24) is 0 Å². The predicted octanol–water partition coefficient (Wildman–Crippen LogP) is 3.70. The molecular weight excluding hydrogens is 283 g/mol. The van der Waals surface area contributed by atoms with Crippen molar-refractivity contribution < 1.29 is 4.79 Å². The number of hydrogen-bond donors (Lipinski definition) is 2. The molecule has 0 saturated heterocycles. The van der Waals surface area contributed by atoms with Crippen LogP contribution in [0.15, 0.2) is 42.5 Å². The average molecular weight is 295 g/mol. The molecule has 0 atom stereocenters. The van der Waals surface area contributed by atoms with Crippen molar-refractivity contribution in [2.75, 3.05) is 5.32 Å². The number of halogens is 2. The molecule has 5 heteroatoms. The third kappa shape index (κ3) is 3.63. The Labute approximate surface area is 121 Å². The van der Waals surface area contributed by atoms with Gasteiger partial charge in [0, 0.05) is 27.8 Å². The topological polar surface area (TPSA) is 55.1 Å². The van der Waals surface area contributed by atoms with Crippen LogP contribution >= 0.6 is 23.2 Å². The minimum absolute atomic E-state index is 0.440. The van der Waals surface area contributed by atoms with Crippen molar-refractivity contribution in [2.45, 2.75) is 6.54 Å². The normalized spacial score (nSPS) is 10.2. The van der Waals surface area contributed by atoms with Gasteiger partial charge in [0.25, 0.3) is 0 Å². The number of carbonyl (C=O) groups is 1. The van der Waals surface area contributed by atoms with Gasteiger partial charge in [0.1, 0.15) is 0 Å². The molecule has 0 aliphatic heterocycles. The van der Waals surface area contributed by atoms with Crippen molar-refractivity contribution in [2.24, 2.45) is 5.73 Å². The molecule has 0 aliphatic rings. The van der Waals surface area contributed by atoms with Gasteiger partial charge in [0.2, 0.25) is 5.91 Å². The van der Waals surface area contributed by atoms with Crippen LogP contribution in [0.2, 0.25) is 10.0 Å². The summed E-state index contributed by atoms with van der Waals surface area (Å²) in [6, 6.07) is 12.2. The Hall–Kier alpha value is -1.71. The smallest absolute Gasteiger partial charge is 0.248 e. The van der Waals surface area contributed by atoms with Crippen LogP contribution < -0.4 is 11.1 Å². The molecular formula is C14H12Cl2N2O. The van der Waals surface area contributed by atoms with E-state index in [0.29, 0.717) is 22.2 Å². The number of primary amides is 1. The fraction of sp³-hybridized carbons (Fsp3) is 0.0714. The monoisotopic (exact) mass is 294 g/mol. The van der Waals surface area contributed by atoms with E-state index < -0.39 is 5.91 Å². The predicted molar refractivity (Wildman–Crippen MR) is 78.7 cm³/mol. The van der Waals surface area contributed by atoms with Crippen LogP contribution in [0.25, 0.3) is 0 Å². The van der Waals surface area contributed by atoms with Crippen molar-refractivity contribution in [3.05, 3.63) is 63.6 Å². The molecule has 98 valence electrons. The summed E-state index contributed by atoms with van der Waals surface area (Å²) in [5.74, 6) is -0.440. The number of carbonyl (C=O) groups excluding carboxylic acids is 1. The first-order chi connectivity index (χ1) is 9.06. The lowest BCUT2D eigenvalue weighted by molar-refractivity contribution is 0.100. The van der Waals surface area contributed by atoms with E-state index in [1.807, 2.05) is 6.07 Å². The molecule has 2 aromatic rings. The van der Waals surface area contributed by atoms with Crippen LogP contribution in [-0.4, -0.2) is 5.91 Å². The average Bonchev–Trinajstić information content (AvgIpc) is 2.40. The maximum atomic E-state index is 10.9. The SMILES string of the molecule is NC(=O)c1ccc(NCc2cc(Cl)ccc2Cl)cc1. The van der Waals surface area contributed by atoms with E-state index in [9.17, 15) is 4.79 Å². The second-order valence-corrected chi connectivity index (χ2v) is 4.87. The minimum atomic E-state index is -0.440. The number of hydrogen-bond acceptors (Lipinski definition) is 2. The van der Waals surface area contributed by atoms with E-state index in [2.05, 4.69) is 5.32 Å². The second-order valence-electron chi connectivity index (χ2n) is 4.03. The highest BCUT2D eigenvalue weighted by Gasteiger charge is 2.03. The van der Waals surface area contributed by atoms with E-state index >= 15 is 0 Å². The zero-order valence-electron chi connectivity index (χ0n) is 9.99. The number of rotatable bonds is 4. The van der Waals surface area contributed by atoms with E-state index in [0.717, 1.165) is 11.3 Å². The molecule has 2 aromatic carbocycles. The molecule has 3 nitrogen and oxygen atoms in total. The number of anilines is 1. The van der Waals surface area contributed by atoms with E-state index in [1.165, 1.54) is 0 Å². The molecule has 2 rings (SSSR count). The first-order valence-electron chi connectivity index (χ1n) is 5.64. The fourth-order valence-electron chi connectivity index (χ4n) is 1.63. The van der Waals surface area contributed by atoms with Crippen LogP contribution in [0, 0.1) is 0 Å². The summed E-state index contributed by atoms with van der Waals surface area (Å²) in [6.07, 6.45) is 0. The molecule has 0 bridgehead atoms. The Morgan fingerprint density at radius 1 is 1.11 bits per heavy atom. The minimum Gasteiger partial charge on any atom is -0.381 e. The third-order valence-electron chi connectivity index (χ3n) is 2.66. The lowest BCUT2D eigenvalue weighted by Crippen LogP contribution is -2.10. The lowest BCUT2D eigenvalue weighted by atomic mass is 10.2. The Bertz CT molecular complexity index is 597. The number of nitrogens with one attached hydrogen (secondary N) is 1. The van der Waals surface area contributed by atoms with Gasteiger partial charge in [0.15, 0.2) is 0 Å². The van der Waals surface area contributed by atoms with E-state index in [-0.39, 0.29) is 0 Å². The molecule has 0 spiro atoms. The van der Waals surface area contributed by atoms with Gasteiger partial charge in [-0.05, 0) is 48.0 Å². The largest absolute Gasteiger partial charge is 0.381 e. The lowest BCUT2D eigenvalue weighted by Gasteiger charge is -2.09. The summed E-state index contributed by atoms with van der Waals surface area (Å²) in [5.41, 5.74) is 7.44. The Balaban J connectivity index is 2.06. The standard InChI is InChI=1S/C14H12Cl2N2O/c15-11-3-6-13(16)10(7-11)8-18-12-4-1-9(2-5-12)14(17)19/h1-7,18H,8H2,(H2,17,19). The number of nitrogens with two attached hydrogens (primary N) is 1. The maximum Gasteiger partial charge on any atom is 0.248 e. The Morgan fingerprint density at radius 3 is 2.42 bits per heavy atom. The van der Waals surface area contributed by atoms with Crippen molar-refractivity contribution in [3.8, 4) is 0 Å². The third-order valence-corrected chi connectivity index (χ3v) is 3.26. The summed E-state index contributed by atoms with van der Waals surface area (Å²) in [4.78, 5) is 10.9. The van der Waals surface area contributed by atoms with Gasteiger partial charge in [-0.1, -0.05) is 23.2 Å². The number of benzene rings is 2. The molecule has 3 N–H and O–H groups in total. The quantitative estimate of drug-likeness (QED) is 0.903. The van der Waals surface area contributed by atoms with Crippen LogP contribution in [0.1, 0.15) is 15.9 Å². The Kier molecular flexibility index (Phi) is 4.30. The summed E-state index contributed by atoms with van der Waals surface area (Å²) >= 11 is 12.0. The van der Waals surface area contributed by atoms with E-state index in [1.54, 1.807) is 36.4 Å². The van der Waals surface area contributed by atoms with Crippen LogP contribution in [0.4, 0.5) is 5.69 Å². The van der Waals surface area contributed by atoms with Gasteiger partial charge in [-0.2, -0.15) is 0 Å². The number of amides is 1. The van der Waals surface area contributed by atoms with Crippen LogP contribution in [-0.2, 0) is 6.54 Å².